The van der Waals surface area contributed by atoms with E-state index in [0.717, 1.165) is 12.2 Å². The number of nitrogen functional groups attached to an aromatic ring is 2. The molecule has 0 bridgehead atoms. The van der Waals surface area contributed by atoms with E-state index in [0.29, 0.717) is 23.3 Å². The molecule has 0 radical (unpaired) electrons. The van der Waals surface area contributed by atoms with Crippen molar-refractivity contribution in [2.45, 2.75) is 0 Å². The van der Waals surface area contributed by atoms with Crippen molar-refractivity contribution in [3.8, 4) is 0 Å². The third kappa shape index (κ3) is 5.75. The van der Waals surface area contributed by atoms with Crippen molar-refractivity contribution in [2.24, 2.45) is 0 Å². The molecule has 0 unspecified atom stereocenters. The zero-order valence-corrected chi connectivity index (χ0v) is 20.5. The van der Waals surface area contributed by atoms with Crippen LogP contribution in [0.2, 0.25) is 0 Å². The zero-order chi connectivity index (χ0) is 31.5. The van der Waals surface area contributed by atoms with Crippen LogP contribution in [0.15, 0.2) is 36.4 Å². The molecular formula is C22H14N8O12. The van der Waals surface area contributed by atoms with E-state index in [1.165, 1.54) is 36.4 Å². The number of nitro groups is 6. The molecule has 0 heterocycles. The van der Waals surface area contributed by atoms with Crippen molar-refractivity contribution < 1.29 is 29.5 Å². The highest BCUT2D eigenvalue weighted by atomic mass is 16.6. The van der Waals surface area contributed by atoms with Crippen LogP contribution in [0.1, 0.15) is 22.3 Å². The van der Waals surface area contributed by atoms with Gasteiger partial charge in [-0.15, -0.1) is 0 Å². The molecule has 20 nitrogen and oxygen atoms in total. The van der Waals surface area contributed by atoms with Crippen LogP contribution in [0.5, 0.6) is 0 Å². The molecule has 3 aromatic rings. The third-order valence-electron chi connectivity index (χ3n) is 5.64. The van der Waals surface area contributed by atoms with E-state index >= 15 is 0 Å². The van der Waals surface area contributed by atoms with Gasteiger partial charge in [0, 0.05) is 0 Å². The first-order valence-corrected chi connectivity index (χ1v) is 10.9. The van der Waals surface area contributed by atoms with E-state index in [9.17, 15) is 60.7 Å². The number of hydrogen-bond acceptors (Lipinski definition) is 14. The second kappa shape index (κ2) is 11.5. The van der Waals surface area contributed by atoms with Crippen LogP contribution in [0.25, 0.3) is 24.3 Å². The Bertz CT molecular complexity index is 1640. The normalized spacial score (nSPS) is 11.0. The van der Waals surface area contributed by atoms with E-state index < -0.39 is 86.2 Å². The molecule has 20 heteroatoms. The average Bonchev–Trinajstić information content (AvgIpc) is 2.89. The van der Waals surface area contributed by atoms with Gasteiger partial charge < -0.3 is 11.5 Å². The van der Waals surface area contributed by atoms with Gasteiger partial charge in [-0.25, -0.2) is 0 Å². The molecule has 0 atom stereocenters. The first-order chi connectivity index (χ1) is 19.6. The van der Waals surface area contributed by atoms with E-state index in [1.54, 1.807) is 0 Å². The van der Waals surface area contributed by atoms with Crippen molar-refractivity contribution >= 4 is 69.8 Å². The van der Waals surface area contributed by atoms with Gasteiger partial charge in [-0.3, -0.25) is 60.7 Å². The molecule has 0 aliphatic heterocycles. The van der Waals surface area contributed by atoms with E-state index in [-0.39, 0.29) is 0 Å². The summed E-state index contributed by atoms with van der Waals surface area (Å²) in [6.45, 7) is 0. The molecule has 3 rings (SSSR count). The second-order valence-electron chi connectivity index (χ2n) is 8.06. The second-order valence-corrected chi connectivity index (χ2v) is 8.06. The summed E-state index contributed by atoms with van der Waals surface area (Å²) in [5.41, 5.74) is 2.73. The molecule has 0 aliphatic rings. The number of hydrogen-bond donors (Lipinski definition) is 2. The highest BCUT2D eigenvalue weighted by Gasteiger charge is 2.35. The summed E-state index contributed by atoms with van der Waals surface area (Å²) in [6, 6.07) is 6.59. The van der Waals surface area contributed by atoms with Crippen LogP contribution in [0.4, 0.5) is 45.5 Å². The lowest BCUT2D eigenvalue weighted by Gasteiger charge is -2.05. The van der Waals surface area contributed by atoms with Gasteiger partial charge in [0.05, 0.1) is 41.7 Å². The first-order valence-electron chi connectivity index (χ1n) is 10.9. The van der Waals surface area contributed by atoms with Crippen molar-refractivity contribution in [1.82, 2.24) is 0 Å². The SMILES string of the molecule is Nc1c([N+](=O)[O-])cc([N+](=O)[O-])c(C=Cc2ccc(C=Cc3c([N+](=O)[O-])cc([N+](=O)[O-])c(N)c3[N+](=O)[O-])cc2)c1[N+](=O)[O-]. The predicted octanol–water partition coefficient (Wildman–Crippen LogP) is 4.64. The fraction of sp³-hybridized carbons (Fsp3) is 0. The molecule has 0 spiro atoms. The van der Waals surface area contributed by atoms with Crippen LogP contribution >= 0.6 is 0 Å². The van der Waals surface area contributed by atoms with Crippen LogP contribution in [0, 0.1) is 60.7 Å². The quantitative estimate of drug-likeness (QED) is 0.142. The molecule has 4 N–H and O–H groups in total. The maximum absolute atomic E-state index is 11.6. The van der Waals surface area contributed by atoms with Crippen molar-refractivity contribution in [1.29, 1.82) is 0 Å². The summed E-state index contributed by atoms with van der Waals surface area (Å²) in [5.74, 6) is 0. The monoisotopic (exact) mass is 582 g/mol. The van der Waals surface area contributed by atoms with Gasteiger partial charge in [0.15, 0.2) is 11.4 Å². The molecule has 0 aromatic heterocycles. The van der Waals surface area contributed by atoms with Gasteiger partial charge in [0.2, 0.25) is 0 Å². The standard InChI is InChI=1S/C22H14N8O12/c23-19-17(27(35)36)9-15(25(31)32)13(21(19)29(39)40)7-5-11-1-2-12(4-3-11)6-8-14-16(26(33)34)10-18(28(37)38)20(24)22(14)30(41)42/h1-10H,23-24H2. The molecule has 0 fully saturated rings. The largest absolute Gasteiger partial charge is 0.387 e. The minimum Gasteiger partial charge on any atom is -0.387 e. The van der Waals surface area contributed by atoms with Gasteiger partial charge in [-0.1, -0.05) is 36.4 Å². The molecule has 214 valence electrons. The maximum Gasteiger partial charge on any atom is 0.313 e. The highest BCUT2D eigenvalue weighted by molar-refractivity contribution is 5.90. The van der Waals surface area contributed by atoms with Crippen LogP contribution in [0.3, 0.4) is 0 Å². The summed E-state index contributed by atoms with van der Waals surface area (Å²) < 4.78 is 0. The lowest BCUT2D eigenvalue weighted by molar-refractivity contribution is -0.402. The number of nitrogens with zero attached hydrogens (tertiary/aromatic N) is 6. The van der Waals surface area contributed by atoms with Crippen molar-refractivity contribution in [2.75, 3.05) is 11.5 Å². The number of anilines is 2. The van der Waals surface area contributed by atoms with Gasteiger partial charge in [0.1, 0.15) is 11.1 Å². The fourth-order valence-corrected chi connectivity index (χ4v) is 3.75. The van der Waals surface area contributed by atoms with Gasteiger partial charge in [0.25, 0.3) is 11.4 Å². The van der Waals surface area contributed by atoms with Crippen LogP contribution in [-0.4, -0.2) is 29.5 Å². The van der Waals surface area contributed by atoms with E-state index in [1.807, 2.05) is 0 Å². The zero-order valence-electron chi connectivity index (χ0n) is 20.5. The van der Waals surface area contributed by atoms with Gasteiger partial charge in [-0.2, -0.15) is 0 Å². The Morgan fingerprint density at radius 1 is 0.452 bits per heavy atom. The fourth-order valence-electron chi connectivity index (χ4n) is 3.75. The predicted molar refractivity (Wildman–Crippen MR) is 146 cm³/mol. The Balaban J connectivity index is 2.04. The Morgan fingerprint density at radius 3 is 0.976 bits per heavy atom. The number of nitro benzene ring substituents is 6. The minimum atomic E-state index is -1.09. The number of nitrogens with two attached hydrogens (primary N) is 2. The summed E-state index contributed by atoms with van der Waals surface area (Å²) in [6.07, 6.45) is 4.35. The Labute approximate surface area is 230 Å². The lowest BCUT2D eigenvalue weighted by atomic mass is 10.0. The first kappa shape index (κ1) is 29.7. The van der Waals surface area contributed by atoms with Gasteiger partial charge >= 0.3 is 22.7 Å². The van der Waals surface area contributed by atoms with Crippen LogP contribution in [-0.2, 0) is 0 Å². The molecule has 0 amide bonds. The molecule has 0 saturated carbocycles. The smallest absolute Gasteiger partial charge is 0.313 e. The minimum absolute atomic E-state index is 0.309. The molecule has 0 aliphatic carbocycles. The highest BCUT2D eigenvalue weighted by Crippen LogP contribution is 2.43. The Hall–Kier alpha value is -6.86. The topological polar surface area (TPSA) is 311 Å². The summed E-state index contributed by atoms with van der Waals surface area (Å²) in [4.78, 5) is 61.9. The molecule has 3 aromatic carbocycles. The number of benzene rings is 3. The number of rotatable bonds is 10. The van der Waals surface area contributed by atoms with Crippen molar-refractivity contribution in [3.63, 3.8) is 0 Å². The summed E-state index contributed by atoms with van der Waals surface area (Å²) in [7, 11) is 0. The Kier molecular flexibility index (Phi) is 8.12. The molecule has 42 heavy (non-hydrogen) atoms. The summed E-state index contributed by atoms with van der Waals surface area (Å²) in [5, 5.41) is 68.4. The van der Waals surface area contributed by atoms with Crippen molar-refractivity contribution in [3.05, 3.63) is 119 Å². The van der Waals surface area contributed by atoms with E-state index in [2.05, 4.69) is 0 Å². The molecule has 0 saturated heterocycles. The van der Waals surface area contributed by atoms with Gasteiger partial charge in [-0.05, 0) is 23.3 Å². The van der Waals surface area contributed by atoms with E-state index in [4.69, 9.17) is 11.5 Å². The molecular weight excluding hydrogens is 568 g/mol. The Morgan fingerprint density at radius 2 is 0.738 bits per heavy atom. The third-order valence-corrected chi connectivity index (χ3v) is 5.64. The average molecular weight is 582 g/mol. The summed E-state index contributed by atoms with van der Waals surface area (Å²) >= 11 is 0. The maximum atomic E-state index is 11.6. The van der Waals surface area contributed by atoms with Crippen LogP contribution < -0.4 is 11.5 Å². The lowest BCUT2D eigenvalue weighted by Crippen LogP contribution is -2.05.